The van der Waals surface area contributed by atoms with Crippen LogP contribution in [0.4, 0.5) is 0 Å². The molecule has 0 spiro atoms. The minimum Gasteiger partial charge on any atom is -0.497 e. The molecule has 3 rings (SSSR count). The number of methoxy groups -OCH3 is 1. The summed E-state index contributed by atoms with van der Waals surface area (Å²) in [6.07, 6.45) is 1.07. The third-order valence-electron chi connectivity index (χ3n) is 3.44. The molecule has 2 aromatic rings. The fourth-order valence-corrected chi connectivity index (χ4v) is 2.38. The fourth-order valence-electron chi connectivity index (χ4n) is 2.38. The topological polar surface area (TPSA) is 47.7 Å². The van der Waals surface area contributed by atoms with Gasteiger partial charge in [0.15, 0.2) is 5.58 Å². The molecule has 1 fully saturated rings. The lowest BCUT2D eigenvalue weighted by atomic mass is 10.2. The Labute approximate surface area is 112 Å². The number of fused-ring (bicyclic) bond motifs is 1. The van der Waals surface area contributed by atoms with E-state index in [1.165, 1.54) is 0 Å². The van der Waals surface area contributed by atoms with E-state index in [0.717, 1.165) is 61.7 Å². The maximum absolute atomic E-state index is 5.46. The van der Waals surface area contributed by atoms with E-state index in [-0.39, 0.29) is 0 Å². The summed E-state index contributed by atoms with van der Waals surface area (Å²) in [6.45, 7) is 4.42. The van der Waals surface area contributed by atoms with E-state index in [2.05, 4.69) is 10.1 Å². The number of rotatable bonds is 3. The van der Waals surface area contributed by atoms with Gasteiger partial charge in [-0.3, -0.25) is 4.90 Å². The average molecular weight is 262 g/mol. The van der Waals surface area contributed by atoms with Gasteiger partial charge in [-0.1, -0.05) is 5.16 Å². The molecule has 5 heteroatoms. The van der Waals surface area contributed by atoms with Gasteiger partial charge in [0.25, 0.3) is 0 Å². The Kier molecular flexibility index (Phi) is 3.66. The summed E-state index contributed by atoms with van der Waals surface area (Å²) < 4.78 is 16.1. The van der Waals surface area contributed by atoms with Crippen molar-refractivity contribution < 1.29 is 14.0 Å². The van der Waals surface area contributed by atoms with E-state index >= 15 is 0 Å². The van der Waals surface area contributed by atoms with Crippen LogP contribution in [0.15, 0.2) is 22.7 Å². The summed E-state index contributed by atoms with van der Waals surface area (Å²) in [5.74, 6) is 0.830. The molecule has 0 aliphatic carbocycles. The number of ether oxygens (including phenoxy) is 2. The molecule has 1 aromatic carbocycles. The first kappa shape index (κ1) is 12.4. The molecule has 5 nitrogen and oxygen atoms in total. The molecule has 0 amide bonds. The first-order valence-corrected chi connectivity index (χ1v) is 6.59. The van der Waals surface area contributed by atoms with Crippen molar-refractivity contribution in [3.05, 3.63) is 23.9 Å². The van der Waals surface area contributed by atoms with Crippen LogP contribution >= 0.6 is 0 Å². The fraction of sp³-hybridized carbons (Fsp3) is 0.500. The molecule has 102 valence electrons. The SMILES string of the molecule is COc1ccc2onc(CN3CCCOCC3)c2c1. The summed E-state index contributed by atoms with van der Waals surface area (Å²) in [4.78, 5) is 2.35. The van der Waals surface area contributed by atoms with Gasteiger partial charge in [0, 0.05) is 31.6 Å². The molecule has 19 heavy (non-hydrogen) atoms. The van der Waals surface area contributed by atoms with Crippen LogP contribution in [0.25, 0.3) is 11.0 Å². The second-order valence-electron chi connectivity index (χ2n) is 4.73. The smallest absolute Gasteiger partial charge is 0.167 e. The predicted octanol–water partition coefficient (Wildman–Crippen LogP) is 2.06. The van der Waals surface area contributed by atoms with Crippen LogP contribution in [0.3, 0.4) is 0 Å². The highest BCUT2D eigenvalue weighted by atomic mass is 16.5. The number of aromatic nitrogens is 1. The second-order valence-corrected chi connectivity index (χ2v) is 4.73. The summed E-state index contributed by atoms with van der Waals surface area (Å²) in [5.41, 5.74) is 1.78. The van der Waals surface area contributed by atoms with Gasteiger partial charge < -0.3 is 14.0 Å². The van der Waals surface area contributed by atoms with Crippen molar-refractivity contribution in [3.8, 4) is 5.75 Å². The highest BCUT2D eigenvalue weighted by Gasteiger charge is 2.15. The molecule has 0 bridgehead atoms. The van der Waals surface area contributed by atoms with Gasteiger partial charge in [0.2, 0.25) is 0 Å². The zero-order chi connectivity index (χ0) is 13.1. The van der Waals surface area contributed by atoms with Crippen molar-refractivity contribution in [3.63, 3.8) is 0 Å². The summed E-state index contributed by atoms with van der Waals surface area (Å²) in [5, 5.41) is 5.21. The average Bonchev–Trinajstić information content (AvgIpc) is 2.66. The van der Waals surface area contributed by atoms with Crippen LogP contribution < -0.4 is 4.74 Å². The van der Waals surface area contributed by atoms with Gasteiger partial charge in [-0.25, -0.2) is 0 Å². The molecule has 0 radical (unpaired) electrons. The third kappa shape index (κ3) is 2.72. The zero-order valence-corrected chi connectivity index (χ0v) is 11.1. The molecule has 1 saturated heterocycles. The van der Waals surface area contributed by atoms with Crippen LogP contribution in [-0.4, -0.2) is 43.5 Å². The van der Waals surface area contributed by atoms with E-state index in [9.17, 15) is 0 Å². The van der Waals surface area contributed by atoms with Crippen molar-refractivity contribution in [1.82, 2.24) is 10.1 Å². The number of nitrogens with zero attached hydrogens (tertiary/aromatic N) is 2. The Morgan fingerprint density at radius 1 is 1.32 bits per heavy atom. The molecule has 2 heterocycles. The Balaban J connectivity index is 1.83. The molecule has 1 aliphatic heterocycles. The van der Waals surface area contributed by atoms with Crippen LogP contribution in [0.1, 0.15) is 12.1 Å². The van der Waals surface area contributed by atoms with Crippen LogP contribution in [0.2, 0.25) is 0 Å². The quantitative estimate of drug-likeness (QED) is 0.847. The van der Waals surface area contributed by atoms with Gasteiger partial charge in [0.1, 0.15) is 11.4 Å². The Morgan fingerprint density at radius 3 is 3.16 bits per heavy atom. The lowest BCUT2D eigenvalue weighted by Crippen LogP contribution is -2.26. The van der Waals surface area contributed by atoms with E-state index in [0.29, 0.717) is 0 Å². The van der Waals surface area contributed by atoms with Crippen LogP contribution in [0, 0.1) is 0 Å². The predicted molar refractivity (Wildman–Crippen MR) is 71.3 cm³/mol. The van der Waals surface area contributed by atoms with Gasteiger partial charge in [-0.05, 0) is 24.6 Å². The van der Waals surface area contributed by atoms with E-state index in [4.69, 9.17) is 14.0 Å². The summed E-state index contributed by atoms with van der Waals surface area (Å²) in [7, 11) is 1.67. The van der Waals surface area contributed by atoms with Crippen molar-refractivity contribution in [2.24, 2.45) is 0 Å². The van der Waals surface area contributed by atoms with Crippen LogP contribution in [0.5, 0.6) is 5.75 Å². The number of benzene rings is 1. The highest BCUT2D eigenvalue weighted by Crippen LogP contribution is 2.24. The number of hydrogen-bond donors (Lipinski definition) is 0. The van der Waals surface area contributed by atoms with Crippen molar-refractivity contribution in [2.75, 3.05) is 33.4 Å². The van der Waals surface area contributed by atoms with Crippen molar-refractivity contribution in [1.29, 1.82) is 0 Å². The Morgan fingerprint density at radius 2 is 2.26 bits per heavy atom. The molecule has 1 aliphatic rings. The third-order valence-corrected chi connectivity index (χ3v) is 3.44. The molecule has 0 unspecified atom stereocenters. The maximum Gasteiger partial charge on any atom is 0.167 e. The Bertz CT molecular complexity index is 545. The first-order chi connectivity index (χ1) is 9.36. The van der Waals surface area contributed by atoms with E-state index in [1.807, 2.05) is 18.2 Å². The van der Waals surface area contributed by atoms with Gasteiger partial charge >= 0.3 is 0 Å². The highest BCUT2D eigenvalue weighted by molar-refractivity contribution is 5.80. The first-order valence-electron chi connectivity index (χ1n) is 6.59. The molecule has 0 atom stereocenters. The molecular weight excluding hydrogens is 244 g/mol. The molecule has 0 N–H and O–H groups in total. The number of hydrogen-bond acceptors (Lipinski definition) is 5. The molecule has 0 saturated carbocycles. The maximum atomic E-state index is 5.46. The van der Waals surface area contributed by atoms with E-state index < -0.39 is 0 Å². The summed E-state index contributed by atoms with van der Waals surface area (Å²) in [6, 6.07) is 5.77. The van der Waals surface area contributed by atoms with Gasteiger partial charge in [0.05, 0.1) is 13.7 Å². The van der Waals surface area contributed by atoms with Crippen molar-refractivity contribution in [2.45, 2.75) is 13.0 Å². The molecular formula is C14H18N2O3. The summed E-state index contributed by atoms with van der Waals surface area (Å²) >= 11 is 0. The minimum atomic E-state index is 0.791. The second kappa shape index (κ2) is 5.59. The van der Waals surface area contributed by atoms with E-state index in [1.54, 1.807) is 7.11 Å². The Hall–Kier alpha value is -1.59. The largest absolute Gasteiger partial charge is 0.497 e. The minimum absolute atomic E-state index is 0.791. The molecule has 1 aromatic heterocycles. The monoisotopic (exact) mass is 262 g/mol. The van der Waals surface area contributed by atoms with Crippen molar-refractivity contribution >= 4 is 11.0 Å². The zero-order valence-electron chi connectivity index (χ0n) is 11.1. The van der Waals surface area contributed by atoms with Gasteiger partial charge in [-0.2, -0.15) is 0 Å². The standard InChI is InChI=1S/C14H18N2O3/c1-17-11-3-4-14-12(9-11)13(15-19-14)10-16-5-2-7-18-8-6-16/h3-4,9H,2,5-8,10H2,1H3. The lowest BCUT2D eigenvalue weighted by Gasteiger charge is -2.17. The normalized spacial score (nSPS) is 17.5. The van der Waals surface area contributed by atoms with Gasteiger partial charge in [-0.15, -0.1) is 0 Å². The van der Waals surface area contributed by atoms with Crippen LogP contribution in [-0.2, 0) is 11.3 Å². The lowest BCUT2D eigenvalue weighted by molar-refractivity contribution is 0.140.